The van der Waals surface area contributed by atoms with Gasteiger partial charge in [-0.25, -0.2) is 4.39 Å². The molecule has 0 radical (unpaired) electrons. The lowest BCUT2D eigenvalue weighted by Crippen LogP contribution is -1.80. The summed E-state index contributed by atoms with van der Waals surface area (Å²) in [5.41, 5.74) is 6.87. The van der Waals surface area contributed by atoms with E-state index in [2.05, 4.69) is 4.98 Å². The van der Waals surface area contributed by atoms with Crippen LogP contribution in [0.3, 0.4) is 0 Å². The summed E-state index contributed by atoms with van der Waals surface area (Å²) in [4.78, 5) is 4.20. The summed E-state index contributed by atoms with van der Waals surface area (Å²) < 4.78 is 12.8. The van der Waals surface area contributed by atoms with Gasteiger partial charge in [0.2, 0.25) is 0 Å². The Hall–Kier alpha value is -2.16. The van der Waals surface area contributed by atoms with E-state index in [0.717, 1.165) is 22.7 Å². The normalized spacial score (nSPS) is 12.4. The summed E-state index contributed by atoms with van der Waals surface area (Å²) in [6.45, 7) is 0. The van der Waals surface area contributed by atoms with E-state index in [0.29, 0.717) is 0 Å². The second-order valence-corrected chi connectivity index (χ2v) is 3.34. The van der Waals surface area contributed by atoms with Crippen LogP contribution in [0.2, 0.25) is 0 Å². The molecule has 0 unspecified atom stereocenters. The number of benzene rings is 1. The molecule has 0 spiro atoms. The van der Waals surface area contributed by atoms with Gasteiger partial charge in [0.25, 0.3) is 0 Å². The summed E-state index contributed by atoms with van der Waals surface area (Å²) in [7, 11) is 0. The Morgan fingerprint density at radius 2 is 2.19 bits per heavy atom. The number of rotatable bonds is 2. The Morgan fingerprint density at radius 3 is 3.00 bits per heavy atom. The maximum atomic E-state index is 12.8. The monoisotopic (exact) mass is 214 g/mol. The van der Waals surface area contributed by atoms with E-state index < -0.39 is 5.83 Å². The van der Waals surface area contributed by atoms with Gasteiger partial charge in [-0.2, -0.15) is 0 Å². The quantitative estimate of drug-likeness (QED) is 0.780. The zero-order chi connectivity index (χ0) is 11.4. The molecule has 0 bridgehead atoms. The molecule has 0 amide bonds. The van der Waals surface area contributed by atoms with Crippen LogP contribution in [0.25, 0.3) is 17.0 Å². The maximum absolute atomic E-state index is 12.8. The number of nitrogens with two attached hydrogens (primary N) is 1. The van der Waals surface area contributed by atoms with Crippen molar-refractivity contribution in [2.75, 3.05) is 0 Å². The third kappa shape index (κ3) is 2.25. The van der Waals surface area contributed by atoms with Gasteiger partial charge in [0, 0.05) is 17.8 Å². The third-order valence-electron chi connectivity index (χ3n) is 2.22. The Morgan fingerprint density at radius 1 is 1.31 bits per heavy atom. The lowest BCUT2D eigenvalue weighted by molar-refractivity contribution is 0.664. The second kappa shape index (κ2) is 4.57. The Labute approximate surface area is 92.9 Å². The summed E-state index contributed by atoms with van der Waals surface area (Å²) in [6, 6.07) is 9.57. The topological polar surface area (TPSA) is 38.9 Å². The van der Waals surface area contributed by atoms with Gasteiger partial charge in [-0.3, -0.25) is 4.98 Å². The molecule has 0 aliphatic rings. The van der Waals surface area contributed by atoms with Crippen LogP contribution in [0.5, 0.6) is 0 Å². The van der Waals surface area contributed by atoms with Crippen molar-refractivity contribution in [1.29, 1.82) is 0 Å². The average Bonchev–Trinajstić information content (AvgIpc) is 2.35. The molecule has 0 atom stereocenters. The van der Waals surface area contributed by atoms with E-state index >= 15 is 0 Å². The smallest absolute Gasteiger partial charge is 0.138 e. The molecule has 2 nitrogen and oxygen atoms in total. The first kappa shape index (κ1) is 10.4. The molecule has 1 heterocycles. The van der Waals surface area contributed by atoms with Crippen LogP contribution in [-0.4, -0.2) is 4.98 Å². The zero-order valence-corrected chi connectivity index (χ0v) is 8.60. The number of hydrogen-bond acceptors (Lipinski definition) is 2. The fourth-order valence-corrected chi connectivity index (χ4v) is 1.43. The van der Waals surface area contributed by atoms with E-state index in [1.165, 1.54) is 6.08 Å². The molecule has 0 saturated heterocycles. The van der Waals surface area contributed by atoms with Crippen LogP contribution in [0.1, 0.15) is 5.56 Å². The fourth-order valence-electron chi connectivity index (χ4n) is 1.43. The number of aromatic nitrogens is 1. The van der Waals surface area contributed by atoms with Crippen LogP contribution >= 0.6 is 0 Å². The first-order valence-corrected chi connectivity index (χ1v) is 4.90. The number of halogens is 1. The van der Waals surface area contributed by atoms with E-state index in [-0.39, 0.29) is 0 Å². The van der Waals surface area contributed by atoms with Crippen LogP contribution < -0.4 is 5.73 Å². The van der Waals surface area contributed by atoms with Crippen molar-refractivity contribution < 1.29 is 4.39 Å². The standard InChI is InChI=1S/C13H11FN2/c14-12(9-15)5-3-10-4-6-13-11(8-10)2-1-7-16-13/h1-9H,15H2/b5-3-,12-9-. The highest BCUT2D eigenvalue weighted by atomic mass is 19.1. The van der Waals surface area contributed by atoms with Crippen LogP contribution in [0.15, 0.2) is 54.6 Å². The molecule has 2 N–H and O–H groups in total. The van der Waals surface area contributed by atoms with Crippen LogP contribution in [0, 0.1) is 0 Å². The molecule has 0 fully saturated rings. The largest absolute Gasteiger partial charge is 0.402 e. The molecule has 1 aromatic heterocycles. The highest BCUT2D eigenvalue weighted by molar-refractivity contribution is 5.81. The average molecular weight is 214 g/mol. The van der Waals surface area contributed by atoms with Gasteiger partial charge in [-0.15, -0.1) is 0 Å². The number of nitrogens with zero attached hydrogens (tertiary/aromatic N) is 1. The lowest BCUT2D eigenvalue weighted by atomic mass is 10.1. The highest BCUT2D eigenvalue weighted by Gasteiger charge is 1.94. The molecule has 2 aromatic rings. The van der Waals surface area contributed by atoms with Crippen molar-refractivity contribution in [1.82, 2.24) is 4.98 Å². The number of hydrogen-bond donors (Lipinski definition) is 1. The Kier molecular flexibility index (Phi) is 2.96. The van der Waals surface area contributed by atoms with Gasteiger partial charge in [-0.1, -0.05) is 18.2 Å². The number of allylic oxidation sites excluding steroid dienone is 2. The SMILES string of the molecule is N/C=C(F)/C=C\c1ccc2ncccc2c1. The fraction of sp³-hybridized carbons (Fsp3) is 0. The van der Waals surface area contributed by atoms with Crippen molar-refractivity contribution in [3.63, 3.8) is 0 Å². The van der Waals surface area contributed by atoms with Crippen molar-refractivity contribution in [2.45, 2.75) is 0 Å². The van der Waals surface area contributed by atoms with E-state index in [1.807, 2.05) is 30.3 Å². The van der Waals surface area contributed by atoms with E-state index in [4.69, 9.17) is 5.73 Å². The minimum Gasteiger partial charge on any atom is -0.402 e. The van der Waals surface area contributed by atoms with Gasteiger partial charge in [0.1, 0.15) is 5.83 Å². The lowest BCUT2D eigenvalue weighted by Gasteiger charge is -1.97. The van der Waals surface area contributed by atoms with Gasteiger partial charge in [0.05, 0.1) is 5.52 Å². The molecule has 0 aliphatic heterocycles. The summed E-state index contributed by atoms with van der Waals surface area (Å²) in [5.74, 6) is -0.453. The van der Waals surface area contributed by atoms with Crippen molar-refractivity contribution in [3.05, 3.63) is 60.2 Å². The maximum Gasteiger partial charge on any atom is 0.138 e. The molecular formula is C13H11FN2. The predicted molar refractivity (Wildman–Crippen MR) is 64.2 cm³/mol. The Balaban J connectivity index is 2.36. The molecular weight excluding hydrogens is 203 g/mol. The van der Waals surface area contributed by atoms with E-state index in [1.54, 1.807) is 12.3 Å². The number of pyridine rings is 1. The molecule has 1 aromatic carbocycles. The molecule has 0 saturated carbocycles. The third-order valence-corrected chi connectivity index (χ3v) is 2.22. The molecule has 16 heavy (non-hydrogen) atoms. The van der Waals surface area contributed by atoms with Crippen molar-refractivity contribution in [2.24, 2.45) is 5.73 Å². The van der Waals surface area contributed by atoms with Gasteiger partial charge < -0.3 is 5.73 Å². The zero-order valence-electron chi connectivity index (χ0n) is 8.60. The molecule has 3 heteroatoms. The molecule has 0 aliphatic carbocycles. The van der Waals surface area contributed by atoms with Gasteiger partial charge >= 0.3 is 0 Å². The predicted octanol–water partition coefficient (Wildman–Crippen LogP) is 3.02. The number of fused-ring (bicyclic) bond motifs is 1. The van der Waals surface area contributed by atoms with Crippen LogP contribution in [-0.2, 0) is 0 Å². The van der Waals surface area contributed by atoms with Gasteiger partial charge in [0.15, 0.2) is 0 Å². The second-order valence-electron chi connectivity index (χ2n) is 3.34. The first-order chi connectivity index (χ1) is 7.79. The van der Waals surface area contributed by atoms with Crippen molar-refractivity contribution >= 4 is 17.0 Å². The molecule has 80 valence electrons. The van der Waals surface area contributed by atoms with Crippen molar-refractivity contribution in [3.8, 4) is 0 Å². The summed E-state index contributed by atoms with van der Waals surface area (Å²) >= 11 is 0. The van der Waals surface area contributed by atoms with E-state index in [9.17, 15) is 4.39 Å². The summed E-state index contributed by atoms with van der Waals surface area (Å²) in [6.07, 6.45) is 5.68. The minimum atomic E-state index is -0.453. The Bertz CT molecular complexity index is 559. The van der Waals surface area contributed by atoms with Crippen LogP contribution in [0.4, 0.5) is 4.39 Å². The van der Waals surface area contributed by atoms with Gasteiger partial charge in [-0.05, 0) is 29.8 Å². The first-order valence-electron chi connectivity index (χ1n) is 4.90. The highest BCUT2D eigenvalue weighted by Crippen LogP contribution is 2.15. The molecule has 2 rings (SSSR count). The minimum absolute atomic E-state index is 0.453. The summed E-state index contributed by atoms with van der Waals surface area (Å²) in [5, 5.41) is 1.03.